The van der Waals surface area contributed by atoms with Crippen LogP contribution in [-0.4, -0.2) is 30.7 Å². The van der Waals surface area contributed by atoms with Crippen molar-refractivity contribution in [2.75, 3.05) is 19.9 Å². The van der Waals surface area contributed by atoms with E-state index >= 15 is 0 Å². The second-order valence-electron chi connectivity index (χ2n) is 3.38. The van der Waals surface area contributed by atoms with E-state index in [-0.39, 0.29) is 17.4 Å². The van der Waals surface area contributed by atoms with Gasteiger partial charge >= 0.3 is 0 Å². The number of amides is 1. The summed E-state index contributed by atoms with van der Waals surface area (Å²) in [5.74, 6) is -0.173. The van der Waals surface area contributed by atoms with Crippen molar-refractivity contribution < 1.29 is 13.9 Å². The molecule has 0 radical (unpaired) electrons. The fraction of sp³-hybridized carbons (Fsp3) is 0.364. The number of methoxy groups -OCH3 is 1. The van der Waals surface area contributed by atoms with Gasteiger partial charge in [0.1, 0.15) is 0 Å². The van der Waals surface area contributed by atoms with Gasteiger partial charge in [-0.1, -0.05) is 6.07 Å². The molecule has 88 valence electrons. The van der Waals surface area contributed by atoms with Crippen LogP contribution in [0.1, 0.15) is 5.56 Å². The van der Waals surface area contributed by atoms with E-state index in [1.54, 1.807) is 19.2 Å². The highest BCUT2D eigenvalue weighted by atomic mass is 32.1. The first-order chi connectivity index (χ1) is 7.58. The molecule has 1 rings (SSSR count). The zero-order valence-corrected chi connectivity index (χ0v) is 10.1. The van der Waals surface area contributed by atoms with E-state index in [0.717, 1.165) is 5.56 Å². The van der Waals surface area contributed by atoms with Gasteiger partial charge in [-0.05, 0) is 17.7 Å². The molecule has 0 unspecified atom stereocenters. The Balaban J connectivity index is 2.75. The van der Waals surface area contributed by atoms with Crippen LogP contribution >= 0.6 is 12.6 Å². The summed E-state index contributed by atoms with van der Waals surface area (Å²) in [6, 6.07) is 4.63. The predicted molar refractivity (Wildman–Crippen MR) is 63.3 cm³/mol. The summed E-state index contributed by atoms with van der Waals surface area (Å²) < 4.78 is 18.1. The first-order valence-corrected chi connectivity index (χ1v) is 5.39. The number of benzene rings is 1. The molecule has 0 aliphatic heterocycles. The molecule has 0 N–H and O–H groups in total. The summed E-state index contributed by atoms with van der Waals surface area (Å²) >= 11 is 3.89. The summed E-state index contributed by atoms with van der Waals surface area (Å²) in [5, 5.41) is 0. The molecule has 16 heavy (non-hydrogen) atoms. The molecular weight excluding hydrogens is 229 g/mol. The van der Waals surface area contributed by atoms with Gasteiger partial charge < -0.3 is 9.64 Å². The Morgan fingerprint density at radius 3 is 2.75 bits per heavy atom. The van der Waals surface area contributed by atoms with Crippen LogP contribution in [0, 0.1) is 5.82 Å². The predicted octanol–water partition coefficient (Wildman–Crippen LogP) is 1.72. The fourth-order valence-electron chi connectivity index (χ4n) is 1.29. The molecular formula is C11H14FNO2S. The zero-order chi connectivity index (χ0) is 12.1. The highest BCUT2D eigenvalue weighted by Gasteiger charge is 2.09. The average Bonchev–Trinajstić information content (AvgIpc) is 2.28. The Morgan fingerprint density at radius 1 is 1.56 bits per heavy atom. The number of rotatable bonds is 4. The van der Waals surface area contributed by atoms with Crippen LogP contribution in [0.3, 0.4) is 0 Å². The van der Waals surface area contributed by atoms with Crippen LogP contribution < -0.4 is 4.74 Å². The molecule has 1 amide bonds. The highest BCUT2D eigenvalue weighted by Crippen LogP contribution is 2.18. The molecule has 0 aliphatic rings. The highest BCUT2D eigenvalue weighted by molar-refractivity contribution is 7.81. The molecule has 0 spiro atoms. The van der Waals surface area contributed by atoms with E-state index in [1.165, 1.54) is 18.1 Å². The number of hydrogen-bond donors (Lipinski definition) is 1. The molecule has 5 heteroatoms. The maximum absolute atomic E-state index is 13.3. The quantitative estimate of drug-likeness (QED) is 0.816. The third kappa shape index (κ3) is 3.13. The fourth-order valence-corrected chi connectivity index (χ4v) is 1.53. The van der Waals surface area contributed by atoms with Crippen molar-refractivity contribution in [3.05, 3.63) is 29.6 Å². The smallest absolute Gasteiger partial charge is 0.232 e. The monoisotopic (exact) mass is 243 g/mol. The van der Waals surface area contributed by atoms with Crippen LogP contribution in [0.5, 0.6) is 5.75 Å². The second-order valence-corrected chi connectivity index (χ2v) is 3.69. The van der Waals surface area contributed by atoms with Crippen molar-refractivity contribution in [2.45, 2.75) is 6.54 Å². The van der Waals surface area contributed by atoms with E-state index in [9.17, 15) is 9.18 Å². The van der Waals surface area contributed by atoms with Crippen LogP contribution in [0.15, 0.2) is 18.2 Å². The molecule has 0 saturated heterocycles. The number of carbonyl (C=O) groups is 1. The van der Waals surface area contributed by atoms with Gasteiger partial charge in [-0.25, -0.2) is 4.39 Å². The van der Waals surface area contributed by atoms with E-state index < -0.39 is 5.82 Å². The number of thiol groups is 1. The average molecular weight is 243 g/mol. The van der Waals surface area contributed by atoms with E-state index in [2.05, 4.69) is 12.6 Å². The van der Waals surface area contributed by atoms with Gasteiger partial charge in [0.2, 0.25) is 5.91 Å². The first kappa shape index (κ1) is 12.8. The number of halogens is 1. The summed E-state index contributed by atoms with van der Waals surface area (Å²) in [4.78, 5) is 12.7. The van der Waals surface area contributed by atoms with Gasteiger partial charge in [0.05, 0.1) is 12.9 Å². The lowest BCUT2D eigenvalue weighted by atomic mass is 10.2. The molecule has 0 aliphatic carbocycles. The molecule has 0 saturated carbocycles. The zero-order valence-electron chi connectivity index (χ0n) is 9.24. The first-order valence-electron chi connectivity index (χ1n) is 4.75. The minimum absolute atomic E-state index is 0.0976. The second kappa shape index (κ2) is 5.75. The normalized spacial score (nSPS) is 10.0. The number of hydrogen-bond acceptors (Lipinski definition) is 3. The van der Waals surface area contributed by atoms with Gasteiger partial charge in [0.15, 0.2) is 11.6 Å². The van der Waals surface area contributed by atoms with Crippen molar-refractivity contribution in [1.82, 2.24) is 4.90 Å². The van der Waals surface area contributed by atoms with Crippen molar-refractivity contribution in [1.29, 1.82) is 0 Å². The molecule has 1 aromatic carbocycles. The Bertz CT molecular complexity index is 384. The molecule has 3 nitrogen and oxygen atoms in total. The molecule has 1 aromatic rings. The minimum Gasteiger partial charge on any atom is -0.494 e. The third-order valence-electron chi connectivity index (χ3n) is 2.20. The van der Waals surface area contributed by atoms with Gasteiger partial charge in [0, 0.05) is 13.6 Å². The topological polar surface area (TPSA) is 29.5 Å². The maximum Gasteiger partial charge on any atom is 0.232 e. The third-order valence-corrected chi connectivity index (χ3v) is 2.47. The summed E-state index contributed by atoms with van der Waals surface area (Å²) in [6.07, 6.45) is 0. The van der Waals surface area contributed by atoms with Crippen molar-refractivity contribution in [3.63, 3.8) is 0 Å². The molecule has 0 atom stereocenters. The molecule has 0 heterocycles. The number of ether oxygens (including phenoxy) is 1. The van der Waals surface area contributed by atoms with Gasteiger partial charge in [0.25, 0.3) is 0 Å². The molecule has 0 fully saturated rings. The number of nitrogens with zero attached hydrogens (tertiary/aromatic N) is 1. The summed E-state index contributed by atoms with van der Waals surface area (Å²) in [6.45, 7) is 0.361. The van der Waals surface area contributed by atoms with E-state index in [1.807, 2.05) is 0 Å². The van der Waals surface area contributed by atoms with Crippen molar-refractivity contribution >= 4 is 18.5 Å². The Labute approximate surface area is 99.6 Å². The lowest BCUT2D eigenvalue weighted by molar-refractivity contribution is -0.127. The summed E-state index contributed by atoms with van der Waals surface area (Å²) in [7, 11) is 3.06. The van der Waals surface area contributed by atoms with Crippen LogP contribution in [0.25, 0.3) is 0 Å². The van der Waals surface area contributed by atoms with E-state index in [0.29, 0.717) is 6.54 Å². The van der Waals surface area contributed by atoms with Gasteiger partial charge in [-0.3, -0.25) is 4.79 Å². The SMILES string of the molecule is COc1ccc(CN(C)C(=O)CS)cc1F. The van der Waals surface area contributed by atoms with Crippen LogP contribution in [0.2, 0.25) is 0 Å². The van der Waals surface area contributed by atoms with Crippen molar-refractivity contribution in [3.8, 4) is 5.75 Å². The Morgan fingerprint density at radius 2 is 2.25 bits per heavy atom. The molecule has 0 aromatic heterocycles. The van der Waals surface area contributed by atoms with Crippen molar-refractivity contribution in [2.24, 2.45) is 0 Å². The van der Waals surface area contributed by atoms with Gasteiger partial charge in [-0.15, -0.1) is 0 Å². The number of carbonyl (C=O) groups excluding carboxylic acids is 1. The summed E-state index contributed by atoms with van der Waals surface area (Å²) in [5.41, 5.74) is 0.718. The standard InChI is InChI=1S/C11H14FNO2S/c1-13(11(14)7-16)6-8-3-4-10(15-2)9(12)5-8/h3-5,16H,6-7H2,1-2H3. The van der Waals surface area contributed by atoms with Crippen LogP contribution in [0.4, 0.5) is 4.39 Å². The molecule has 0 bridgehead atoms. The minimum atomic E-state index is -0.424. The van der Waals surface area contributed by atoms with E-state index in [4.69, 9.17) is 4.74 Å². The van der Waals surface area contributed by atoms with Crippen LogP contribution in [-0.2, 0) is 11.3 Å². The maximum atomic E-state index is 13.3. The lowest BCUT2D eigenvalue weighted by Gasteiger charge is -2.16. The Hall–Kier alpha value is -1.23. The van der Waals surface area contributed by atoms with Gasteiger partial charge in [-0.2, -0.15) is 12.6 Å². The lowest BCUT2D eigenvalue weighted by Crippen LogP contribution is -2.27. The Kier molecular flexibility index (Phi) is 4.61. The largest absolute Gasteiger partial charge is 0.494 e.